The molecule has 0 fully saturated rings. The van der Waals surface area contributed by atoms with E-state index in [9.17, 15) is 0 Å². The highest BCUT2D eigenvalue weighted by Crippen LogP contribution is 2.38. The van der Waals surface area contributed by atoms with Crippen LogP contribution in [0.1, 0.15) is 32.5 Å². The van der Waals surface area contributed by atoms with E-state index in [2.05, 4.69) is 38.3 Å². The summed E-state index contributed by atoms with van der Waals surface area (Å²) in [5.74, 6) is 0. The Bertz CT molecular complexity index is 543. The fourth-order valence-electron chi connectivity index (χ4n) is 1.78. The van der Waals surface area contributed by atoms with Gasteiger partial charge in [0.25, 0.3) is 0 Å². The molecular weight excluding hydrogens is 271 g/mol. The summed E-state index contributed by atoms with van der Waals surface area (Å²) in [6.45, 7) is 6.22. The molecule has 0 amide bonds. The monoisotopic (exact) mass is 284 g/mol. The molecule has 1 aromatic heterocycles. The highest BCUT2D eigenvalue weighted by atomic mass is 35.5. The van der Waals surface area contributed by atoms with Crippen molar-refractivity contribution >= 4 is 34.5 Å². The van der Waals surface area contributed by atoms with Gasteiger partial charge in [-0.1, -0.05) is 17.7 Å². The van der Waals surface area contributed by atoms with Gasteiger partial charge in [-0.3, -0.25) is 0 Å². The van der Waals surface area contributed by atoms with Crippen molar-refractivity contribution in [2.45, 2.75) is 26.1 Å². The molecule has 90 valence electrons. The second-order valence-corrected chi connectivity index (χ2v) is 6.08. The number of benzene rings is 1. The Balaban J connectivity index is 2.48. The van der Waals surface area contributed by atoms with Crippen LogP contribution in [0, 0.1) is 20.8 Å². The van der Waals surface area contributed by atoms with Crippen LogP contribution < -0.4 is 0 Å². The third kappa shape index (κ3) is 2.52. The van der Waals surface area contributed by atoms with Crippen molar-refractivity contribution < 1.29 is 0 Å². The normalized spacial score (nSPS) is 12.8. The van der Waals surface area contributed by atoms with Crippen molar-refractivity contribution in [3.63, 3.8) is 0 Å². The van der Waals surface area contributed by atoms with Crippen LogP contribution in [0.5, 0.6) is 0 Å². The smallest absolute Gasteiger partial charge is 0.0944 e. The molecule has 0 radical (unpaired) electrons. The Hall–Kier alpha value is -0.500. The van der Waals surface area contributed by atoms with Gasteiger partial charge >= 0.3 is 0 Å². The zero-order chi connectivity index (χ0) is 12.6. The topological polar surface area (TPSA) is 0 Å². The van der Waals surface area contributed by atoms with E-state index in [1.54, 1.807) is 11.3 Å². The lowest BCUT2D eigenvalue weighted by Gasteiger charge is -2.13. The first-order valence-electron chi connectivity index (χ1n) is 5.45. The molecule has 1 heterocycles. The minimum Gasteiger partial charge on any atom is -0.147 e. The van der Waals surface area contributed by atoms with E-state index in [0.717, 1.165) is 10.6 Å². The predicted octanol–water partition coefficient (Wildman–Crippen LogP) is 5.65. The van der Waals surface area contributed by atoms with Gasteiger partial charge in [0.2, 0.25) is 0 Å². The number of rotatable bonds is 2. The van der Waals surface area contributed by atoms with Crippen LogP contribution in [0.25, 0.3) is 0 Å². The predicted molar refractivity (Wildman–Crippen MR) is 77.7 cm³/mol. The average molecular weight is 285 g/mol. The zero-order valence-corrected chi connectivity index (χ0v) is 12.4. The molecule has 0 aliphatic heterocycles. The Morgan fingerprint density at radius 3 is 2.29 bits per heavy atom. The number of thiophene rings is 1. The van der Waals surface area contributed by atoms with Crippen molar-refractivity contribution in [2.24, 2.45) is 0 Å². The maximum atomic E-state index is 6.53. The quantitative estimate of drug-likeness (QED) is 0.625. The lowest BCUT2D eigenvalue weighted by atomic mass is 10.0. The van der Waals surface area contributed by atoms with Crippen LogP contribution in [0.4, 0.5) is 0 Å². The number of aryl methyl sites for hydroxylation is 3. The first-order chi connectivity index (χ1) is 8.00. The van der Waals surface area contributed by atoms with Gasteiger partial charge in [-0.25, -0.2) is 0 Å². The Labute approximate surface area is 116 Å². The largest absolute Gasteiger partial charge is 0.147 e. The minimum atomic E-state index is -0.151. The molecule has 1 atom stereocenters. The zero-order valence-electron chi connectivity index (χ0n) is 10.1. The summed E-state index contributed by atoms with van der Waals surface area (Å²) in [6.07, 6.45) is 0. The first-order valence-corrected chi connectivity index (χ1v) is 7.15. The summed E-state index contributed by atoms with van der Waals surface area (Å²) in [7, 11) is 0. The molecule has 0 saturated heterocycles. The average Bonchev–Trinajstić information content (AvgIpc) is 2.69. The van der Waals surface area contributed by atoms with Crippen molar-refractivity contribution in [3.8, 4) is 0 Å². The summed E-state index contributed by atoms with van der Waals surface area (Å²) in [5, 5.41) is 2.66. The molecule has 0 N–H and O–H groups in total. The molecule has 2 aromatic rings. The van der Waals surface area contributed by atoms with Gasteiger partial charge in [-0.05, 0) is 60.5 Å². The number of hydrogen-bond acceptors (Lipinski definition) is 1. The van der Waals surface area contributed by atoms with E-state index in [1.165, 1.54) is 21.6 Å². The number of hydrogen-bond donors (Lipinski definition) is 0. The van der Waals surface area contributed by atoms with Gasteiger partial charge in [0.05, 0.1) is 5.38 Å². The third-order valence-corrected chi connectivity index (χ3v) is 5.01. The van der Waals surface area contributed by atoms with Gasteiger partial charge in [-0.2, -0.15) is 0 Å². The maximum absolute atomic E-state index is 6.53. The molecule has 1 aromatic carbocycles. The first kappa shape index (κ1) is 12.9. The van der Waals surface area contributed by atoms with E-state index in [0.29, 0.717) is 0 Å². The standard InChI is InChI=1S/C14H14Cl2S/c1-8-4-5-17-14(8)13(16)11-6-9(2)10(3)7-12(11)15/h4-7,13H,1-3H3. The SMILES string of the molecule is Cc1cc(Cl)c(C(Cl)c2sccc2C)cc1C. The Morgan fingerprint density at radius 1 is 1.06 bits per heavy atom. The van der Waals surface area contributed by atoms with Gasteiger partial charge in [0.1, 0.15) is 0 Å². The van der Waals surface area contributed by atoms with Crippen molar-refractivity contribution in [1.82, 2.24) is 0 Å². The molecule has 1 unspecified atom stereocenters. The lowest BCUT2D eigenvalue weighted by Crippen LogP contribution is -1.96. The van der Waals surface area contributed by atoms with Crippen LogP contribution in [0.15, 0.2) is 23.6 Å². The summed E-state index contributed by atoms with van der Waals surface area (Å²) in [5.41, 5.74) is 4.65. The second-order valence-electron chi connectivity index (χ2n) is 4.29. The van der Waals surface area contributed by atoms with Crippen molar-refractivity contribution in [3.05, 3.63) is 55.7 Å². The molecule has 17 heavy (non-hydrogen) atoms. The fourth-order valence-corrected chi connectivity index (χ4v) is 3.59. The van der Waals surface area contributed by atoms with E-state index in [4.69, 9.17) is 23.2 Å². The van der Waals surface area contributed by atoms with Crippen molar-refractivity contribution in [2.75, 3.05) is 0 Å². The van der Waals surface area contributed by atoms with E-state index in [-0.39, 0.29) is 5.38 Å². The second kappa shape index (κ2) is 5.01. The van der Waals surface area contributed by atoms with Crippen molar-refractivity contribution in [1.29, 1.82) is 0 Å². The van der Waals surface area contributed by atoms with Crippen LogP contribution >= 0.6 is 34.5 Å². The van der Waals surface area contributed by atoms with E-state index < -0.39 is 0 Å². The molecule has 0 aliphatic rings. The van der Waals surface area contributed by atoms with Crippen LogP contribution in [-0.2, 0) is 0 Å². The minimum absolute atomic E-state index is 0.151. The highest BCUT2D eigenvalue weighted by Gasteiger charge is 2.18. The van der Waals surface area contributed by atoms with Crippen LogP contribution in [0.3, 0.4) is 0 Å². The van der Waals surface area contributed by atoms with Crippen LogP contribution in [0.2, 0.25) is 5.02 Å². The molecule has 0 spiro atoms. The summed E-state index contributed by atoms with van der Waals surface area (Å²) in [4.78, 5) is 1.18. The summed E-state index contributed by atoms with van der Waals surface area (Å²) >= 11 is 14.5. The molecule has 3 heteroatoms. The summed E-state index contributed by atoms with van der Waals surface area (Å²) in [6, 6.07) is 6.17. The molecule has 2 rings (SSSR count). The Morgan fingerprint density at radius 2 is 1.71 bits per heavy atom. The van der Waals surface area contributed by atoms with Gasteiger partial charge in [-0.15, -0.1) is 22.9 Å². The van der Waals surface area contributed by atoms with Gasteiger partial charge in [0, 0.05) is 9.90 Å². The fraction of sp³-hybridized carbons (Fsp3) is 0.286. The van der Waals surface area contributed by atoms with E-state index >= 15 is 0 Å². The lowest BCUT2D eigenvalue weighted by molar-refractivity contribution is 1.14. The van der Waals surface area contributed by atoms with Gasteiger partial charge < -0.3 is 0 Å². The molecule has 0 saturated carbocycles. The molecular formula is C14H14Cl2S. The Kier molecular flexibility index (Phi) is 3.82. The summed E-state index contributed by atoms with van der Waals surface area (Å²) < 4.78 is 0. The molecule has 0 nitrogen and oxygen atoms in total. The third-order valence-electron chi connectivity index (χ3n) is 3.02. The number of halogens is 2. The van der Waals surface area contributed by atoms with E-state index in [1.807, 2.05) is 6.07 Å². The maximum Gasteiger partial charge on any atom is 0.0944 e. The van der Waals surface area contributed by atoms with Gasteiger partial charge in [0.15, 0.2) is 0 Å². The highest BCUT2D eigenvalue weighted by molar-refractivity contribution is 7.10. The molecule has 0 bridgehead atoms. The van der Waals surface area contributed by atoms with Crippen LogP contribution in [-0.4, -0.2) is 0 Å². The number of alkyl halides is 1. The molecule has 0 aliphatic carbocycles.